The first kappa shape index (κ1) is 13.4. The number of anilines is 1. The van der Waals surface area contributed by atoms with E-state index in [1.165, 1.54) is 0 Å². The summed E-state index contributed by atoms with van der Waals surface area (Å²) in [7, 11) is 0. The van der Waals surface area contributed by atoms with Gasteiger partial charge in [-0.3, -0.25) is 5.32 Å². The fraction of sp³-hybridized carbons (Fsp3) is 0.111. The topological polar surface area (TPSA) is 47.8 Å². The van der Waals surface area contributed by atoms with E-state index in [1.807, 2.05) is 31.2 Å². The van der Waals surface area contributed by atoms with E-state index in [2.05, 4.69) is 10.6 Å². The first-order valence-electron chi connectivity index (χ1n) is 3.75. The Bertz CT molecular complexity index is 359. The summed E-state index contributed by atoms with van der Waals surface area (Å²) in [6, 6.07) is 7.75. The predicted octanol–water partition coefficient (Wildman–Crippen LogP) is 1.38. The van der Waals surface area contributed by atoms with Crippen LogP contribution in [-0.4, -0.2) is 34.7 Å². The molecule has 1 rings (SSSR count). The van der Waals surface area contributed by atoms with E-state index in [9.17, 15) is 0 Å². The van der Waals surface area contributed by atoms with E-state index in [-0.39, 0.29) is 29.6 Å². The Labute approximate surface area is 111 Å². The molecule has 1 radical (unpaired) electrons. The third-order valence-corrected chi connectivity index (χ3v) is 1.65. The molecular formula is C9H9N3NaS. The zero-order valence-electron chi connectivity index (χ0n) is 8.16. The molecule has 14 heavy (non-hydrogen) atoms. The Morgan fingerprint density at radius 3 is 2.79 bits per heavy atom. The van der Waals surface area contributed by atoms with Gasteiger partial charge in [-0.25, -0.2) is 0 Å². The zero-order chi connectivity index (χ0) is 9.68. The maximum Gasteiger partial charge on any atom is 0.184 e. The molecule has 0 heterocycles. The van der Waals surface area contributed by atoms with E-state index in [1.54, 1.807) is 6.19 Å². The molecule has 1 aromatic rings. The van der Waals surface area contributed by atoms with Crippen LogP contribution < -0.4 is 10.6 Å². The van der Waals surface area contributed by atoms with Crippen molar-refractivity contribution in [3.63, 3.8) is 0 Å². The number of hydrogen-bond donors (Lipinski definition) is 2. The Morgan fingerprint density at radius 2 is 2.21 bits per heavy atom. The molecule has 0 fully saturated rings. The van der Waals surface area contributed by atoms with Gasteiger partial charge in [-0.1, -0.05) is 12.1 Å². The molecule has 0 amide bonds. The van der Waals surface area contributed by atoms with Gasteiger partial charge in [0, 0.05) is 35.2 Å². The van der Waals surface area contributed by atoms with Crippen molar-refractivity contribution in [3.05, 3.63) is 29.8 Å². The van der Waals surface area contributed by atoms with Crippen molar-refractivity contribution in [2.24, 2.45) is 0 Å². The number of aryl methyl sites for hydroxylation is 1. The van der Waals surface area contributed by atoms with Crippen LogP contribution >= 0.6 is 12.2 Å². The second kappa shape index (κ2) is 6.80. The Balaban J connectivity index is 0.00000169. The summed E-state index contributed by atoms with van der Waals surface area (Å²) < 4.78 is 0. The van der Waals surface area contributed by atoms with Crippen LogP contribution in [0.4, 0.5) is 5.69 Å². The maximum absolute atomic E-state index is 8.28. The number of nitriles is 1. The quantitative estimate of drug-likeness (QED) is 0.321. The fourth-order valence-electron chi connectivity index (χ4n) is 0.936. The van der Waals surface area contributed by atoms with Gasteiger partial charge in [-0.2, -0.15) is 5.26 Å². The van der Waals surface area contributed by atoms with Crippen LogP contribution in [0, 0.1) is 18.4 Å². The minimum absolute atomic E-state index is 0. The second-order valence-electron chi connectivity index (χ2n) is 2.56. The SMILES string of the molecule is Cc1cccc(NC(=S)NC#N)c1.[Na]. The van der Waals surface area contributed by atoms with Crippen LogP contribution in [0.2, 0.25) is 0 Å². The van der Waals surface area contributed by atoms with Crippen molar-refractivity contribution in [2.75, 3.05) is 5.32 Å². The Morgan fingerprint density at radius 1 is 1.50 bits per heavy atom. The first-order chi connectivity index (χ1) is 6.22. The molecule has 2 N–H and O–H groups in total. The molecule has 0 spiro atoms. The fourth-order valence-corrected chi connectivity index (χ4v) is 1.10. The minimum Gasteiger partial charge on any atom is -0.332 e. The number of thiocarbonyl (C=S) groups is 1. The monoisotopic (exact) mass is 214 g/mol. The van der Waals surface area contributed by atoms with Crippen molar-refractivity contribution in [3.8, 4) is 6.19 Å². The molecule has 0 aliphatic heterocycles. The van der Waals surface area contributed by atoms with E-state index in [0.717, 1.165) is 11.3 Å². The van der Waals surface area contributed by atoms with E-state index in [4.69, 9.17) is 17.5 Å². The third-order valence-electron chi connectivity index (χ3n) is 1.45. The van der Waals surface area contributed by atoms with Crippen LogP contribution in [0.1, 0.15) is 5.56 Å². The van der Waals surface area contributed by atoms with Crippen molar-refractivity contribution >= 4 is 52.6 Å². The molecule has 0 unspecified atom stereocenters. The largest absolute Gasteiger partial charge is 0.332 e. The molecule has 0 saturated carbocycles. The van der Waals surface area contributed by atoms with Crippen molar-refractivity contribution in [2.45, 2.75) is 6.92 Å². The third kappa shape index (κ3) is 4.58. The number of nitrogens with one attached hydrogen (secondary N) is 2. The van der Waals surface area contributed by atoms with Gasteiger partial charge in [0.05, 0.1) is 0 Å². The molecule has 5 heteroatoms. The molecule has 0 aliphatic carbocycles. The number of rotatable bonds is 1. The van der Waals surface area contributed by atoms with Gasteiger partial charge in [-0.15, -0.1) is 0 Å². The summed E-state index contributed by atoms with van der Waals surface area (Å²) in [5.41, 5.74) is 2.03. The summed E-state index contributed by atoms with van der Waals surface area (Å²) in [5, 5.41) is 13.8. The smallest absolute Gasteiger partial charge is 0.184 e. The average Bonchev–Trinajstić information content (AvgIpc) is 2.04. The van der Waals surface area contributed by atoms with Crippen molar-refractivity contribution in [1.29, 1.82) is 5.26 Å². The number of hydrogen-bond acceptors (Lipinski definition) is 2. The molecule has 0 aromatic heterocycles. The number of benzene rings is 1. The molecule has 0 saturated heterocycles. The molecule has 0 aliphatic rings. The number of nitrogens with zero attached hydrogens (tertiary/aromatic N) is 1. The molecule has 67 valence electrons. The summed E-state index contributed by atoms with van der Waals surface area (Å²) in [4.78, 5) is 0. The zero-order valence-corrected chi connectivity index (χ0v) is 11.0. The van der Waals surface area contributed by atoms with Gasteiger partial charge in [-0.05, 0) is 36.8 Å². The van der Waals surface area contributed by atoms with Gasteiger partial charge >= 0.3 is 0 Å². The predicted molar refractivity (Wildman–Crippen MR) is 61.9 cm³/mol. The van der Waals surface area contributed by atoms with Crippen molar-refractivity contribution in [1.82, 2.24) is 5.32 Å². The van der Waals surface area contributed by atoms with Gasteiger partial charge < -0.3 is 5.32 Å². The molecule has 0 bridgehead atoms. The van der Waals surface area contributed by atoms with Crippen LogP contribution in [0.5, 0.6) is 0 Å². The van der Waals surface area contributed by atoms with E-state index < -0.39 is 0 Å². The Hall–Kier alpha value is -0.600. The van der Waals surface area contributed by atoms with Gasteiger partial charge in [0.25, 0.3) is 0 Å². The normalized spacial score (nSPS) is 8.00. The second-order valence-corrected chi connectivity index (χ2v) is 2.97. The summed E-state index contributed by atoms with van der Waals surface area (Å²) in [5.74, 6) is 0. The van der Waals surface area contributed by atoms with Crippen molar-refractivity contribution < 1.29 is 0 Å². The van der Waals surface area contributed by atoms with Gasteiger partial charge in [0.2, 0.25) is 0 Å². The van der Waals surface area contributed by atoms with Crippen LogP contribution in [0.15, 0.2) is 24.3 Å². The van der Waals surface area contributed by atoms with E-state index in [0.29, 0.717) is 5.11 Å². The summed E-state index contributed by atoms with van der Waals surface area (Å²) in [6.45, 7) is 1.99. The molecule has 1 aromatic carbocycles. The van der Waals surface area contributed by atoms with E-state index >= 15 is 0 Å². The average molecular weight is 214 g/mol. The first-order valence-corrected chi connectivity index (χ1v) is 4.16. The summed E-state index contributed by atoms with van der Waals surface area (Å²) >= 11 is 4.83. The Kier molecular flexibility index (Phi) is 6.50. The minimum atomic E-state index is 0. The molecule has 0 atom stereocenters. The molecule has 3 nitrogen and oxygen atoms in total. The van der Waals surface area contributed by atoms with Gasteiger partial charge in [0.1, 0.15) is 0 Å². The van der Waals surface area contributed by atoms with Gasteiger partial charge in [0.15, 0.2) is 11.3 Å². The van der Waals surface area contributed by atoms with Crippen LogP contribution in [0.25, 0.3) is 0 Å². The maximum atomic E-state index is 8.28. The summed E-state index contributed by atoms with van der Waals surface area (Å²) in [6.07, 6.45) is 1.75. The standard InChI is InChI=1S/C9H9N3S.Na/c1-7-3-2-4-8(5-7)12-9(13)11-6-10;/h2-5H,1H3,(H2,11,12,13);. The van der Waals surface area contributed by atoms with Crippen LogP contribution in [-0.2, 0) is 0 Å². The molecular weight excluding hydrogens is 205 g/mol. The van der Waals surface area contributed by atoms with Crippen LogP contribution in [0.3, 0.4) is 0 Å².